The van der Waals surface area contributed by atoms with E-state index in [0.29, 0.717) is 12.1 Å². The molecule has 0 bridgehead atoms. The highest BCUT2D eigenvalue weighted by Crippen LogP contribution is 2.11. The van der Waals surface area contributed by atoms with E-state index in [1.165, 1.54) is 31.4 Å². The lowest BCUT2D eigenvalue weighted by Gasteiger charge is -2.25. The molecule has 1 saturated heterocycles. The van der Waals surface area contributed by atoms with E-state index >= 15 is 0 Å². The fraction of sp³-hybridized carbons (Fsp3) is 0.615. The maximum absolute atomic E-state index is 4.14. The summed E-state index contributed by atoms with van der Waals surface area (Å²) in [6.07, 6.45) is 7.74. The minimum Gasteiger partial charge on any atom is -0.313 e. The quantitative estimate of drug-likeness (QED) is 0.812. The Labute approximate surface area is 97.7 Å². The van der Waals surface area contributed by atoms with Gasteiger partial charge in [-0.15, -0.1) is 0 Å². The Balaban J connectivity index is 1.77. The third-order valence-electron chi connectivity index (χ3n) is 3.27. The predicted octanol–water partition coefficient (Wildman–Crippen LogP) is 1.87. The number of aromatic nitrogens is 1. The molecule has 1 fully saturated rings. The number of hydrogen-bond acceptors (Lipinski definition) is 3. The Morgan fingerprint density at radius 1 is 1.56 bits per heavy atom. The first-order valence-corrected chi connectivity index (χ1v) is 6.23. The van der Waals surface area contributed by atoms with Crippen molar-refractivity contribution in [3.05, 3.63) is 30.1 Å². The van der Waals surface area contributed by atoms with Gasteiger partial charge >= 0.3 is 0 Å². The molecule has 0 radical (unpaired) electrons. The second-order valence-corrected chi connectivity index (χ2v) is 4.56. The lowest BCUT2D eigenvalue weighted by molar-refractivity contribution is 0.371. The highest BCUT2D eigenvalue weighted by Gasteiger charge is 2.13. The standard InChI is InChI=1S/C13H21N3/c1-11(12-5-4-7-14-9-12)16-10-13-6-2-3-8-15-13/h4-5,7,9,11,13,15-16H,2-3,6,8,10H2,1H3/t11-,13?/m1/s1. The molecule has 0 saturated carbocycles. The third kappa shape index (κ3) is 3.29. The molecule has 1 aliphatic heterocycles. The van der Waals surface area contributed by atoms with Gasteiger partial charge in [-0.25, -0.2) is 0 Å². The van der Waals surface area contributed by atoms with Crippen LogP contribution in [0.2, 0.25) is 0 Å². The monoisotopic (exact) mass is 219 g/mol. The summed E-state index contributed by atoms with van der Waals surface area (Å²) in [5.41, 5.74) is 1.26. The second-order valence-electron chi connectivity index (χ2n) is 4.56. The number of hydrogen-bond donors (Lipinski definition) is 2. The van der Waals surface area contributed by atoms with Crippen molar-refractivity contribution in [1.82, 2.24) is 15.6 Å². The molecule has 3 heteroatoms. The van der Waals surface area contributed by atoms with Crippen LogP contribution in [0.15, 0.2) is 24.5 Å². The molecule has 2 heterocycles. The summed E-state index contributed by atoms with van der Waals surface area (Å²) >= 11 is 0. The van der Waals surface area contributed by atoms with Gasteiger partial charge in [-0.2, -0.15) is 0 Å². The van der Waals surface area contributed by atoms with Crippen LogP contribution < -0.4 is 10.6 Å². The SMILES string of the molecule is C[C@@H](NCC1CCCCN1)c1cccnc1. The van der Waals surface area contributed by atoms with Crippen molar-refractivity contribution < 1.29 is 0 Å². The Bertz CT molecular complexity index is 293. The number of nitrogens with zero attached hydrogens (tertiary/aromatic N) is 1. The van der Waals surface area contributed by atoms with Gasteiger partial charge < -0.3 is 10.6 Å². The number of nitrogens with one attached hydrogen (secondary N) is 2. The van der Waals surface area contributed by atoms with Gasteiger partial charge in [0.25, 0.3) is 0 Å². The molecule has 0 spiro atoms. The van der Waals surface area contributed by atoms with Crippen LogP contribution in [0.4, 0.5) is 0 Å². The number of piperidine rings is 1. The van der Waals surface area contributed by atoms with Crippen molar-refractivity contribution in [2.24, 2.45) is 0 Å². The first-order valence-electron chi connectivity index (χ1n) is 6.23. The average Bonchev–Trinajstić information content (AvgIpc) is 2.38. The molecule has 2 rings (SSSR count). The summed E-state index contributed by atoms with van der Waals surface area (Å²) in [7, 11) is 0. The predicted molar refractivity (Wildman–Crippen MR) is 66.3 cm³/mol. The highest BCUT2D eigenvalue weighted by atomic mass is 15.0. The Morgan fingerprint density at radius 3 is 3.19 bits per heavy atom. The molecular weight excluding hydrogens is 198 g/mol. The molecule has 16 heavy (non-hydrogen) atoms. The molecule has 3 nitrogen and oxygen atoms in total. The van der Waals surface area contributed by atoms with Gasteiger partial charge in [-0.3, -0.25) is 4.98 Å². The van der Waals surface area contributed by atoms with Gasteiger partial charge in [0.05, 0.1) is 0 Å². The van der Waals surface area contributed by atoms with E-state index in [-0.39, 0.29) is 0 Å². The lowest BCUT2D eigenvalue weighted by Crippen LogP contribution is -2.42. The Hall–Kier alpha value is -0.930. The van der Waals surface area contributed by atoms with Crippen LogP contribution in [0.3, 0.4) is 0 Å². The van der Waals surface area contributed by atoms with Crippen molar-refractivity contribution in [2.45, 2.75) is 38.3 Å². The van der Waals surface area contributed by atoms with Crippen molar-refractivity contribution in [1.29, 1.82) is 0 Å². The molecule has 0 aliphatic carbocycles. The average molecular weight is 219 g/mol. The van der Waals surface area contributed by atoms with Crippen molar-refractivity contribution in [3.8, 4) is 0 Å². The van der Waals surface area contributed by atoms with Gasteiger partial charge in [0.1, 0.15) is 0 Å². The minimum atomic E-state index is 0.387. The topological polar surface area (TPSA) is 37.0 Å². The molecule has 88 valence electrons. The number of pyridine rings is 1. The van der Waals surface area contributed by atoms with Crippen LogP contribution in [-0.4, -0.2) is 24.1 Å². The summed E-state index contributed by atoms with van der Waals surface area (Å²) in [6.45, 7) is 4.42. The van der Waals surface area contributed by atoms with Crippen LogP contribution >= 0.6 is 0 Å². The summed E-state index contributed by atoms with van der Waals surface area (Å²) in [5, 5.41) is 7.11. The highest BCUT2D eigenvalue weighted by molar-refractivity contribution is 5.12. The molecule has 2 N–H and O–H groups in total. The zero-order chi connectivity index (χ0) is 11.2. The van der Waals surface area contributed by atoms with Gasteiger partial charge in [-0.05, 0) is 37.9 Å². The summed E-state index contributed by atoms with van der Waals surface area (Å²) in [6, 6.07) is 5.15. The van der Waals surface area contributed by atoms with E-state index in [1.54, 1.807) is 0 Å². The number of rotatable bonds is 4. The van der Waals surface area contributed by atoms with Gasteiger partial charge in [-0.1, -0.05) is 12.5 Å². The van der Waals surface area contributed by atoms with Crippen molar-refractivity contribution >= 4 is 0 Å². The molecule has 1 unspecified atom stereocenters. The Kier molecular flexibility index (Phi) is 4.31. The Morgan fingerprint density at radius 2 is 2.50 bits per heavy atom. The first-order chi connectivity index (χ1) is 7.86. The van der Waals surface area contributed by atoms with E-state index < -0.39 is 0 Å². The van der Waals surface area contributed by atoms with Crippen molar-refractivity contribution in [2.75, 3.05) is 13.1 Å². The van der Waals surface area contributed by atoms with Crippen molar-refractivity contribution in [3.63, 3.8) is 0 Å². The fourth-order valence-corrected chi connectivity index (χ4v) is 2.17. The molecule has 1 aromatic heterocycles. The molecular formula is C13H21N3. The molecule has 1 aromatic rings. The smallest absolute Gasteiger partial charge is 0.0315 e. The molecule has 2 atom stereocenters. The maximum atomic E-state index is 4.14. The maximum Gasteiger partial charge on any atom is 0.0315 e. The third-order valence-corrected chi connectivity index (χ3v) is 3.27. The second kappa shape index (κ2) is 5.97. The van der Waals surface area contributed by atoms with Gasteiger partial charge in [0.15, 0.2) is 0 Å². The van der Waals surface area contributed by atoms with E-state index in [0.717, 1.165) is 6.54 Å². The van der Waals surface area contributed by atoms with E-state index in [1.807, 2.05) is 18.5 Å². The molecule has 0 amide bonds. The minimum absolute atomic E-state index is 0.387. The normalized spacial score (nSPS) is 22.9. The first kappa shape index (κ1) is 11.6. The van der Waals surface area contributed by atoms with Crippen LogP contribution in [0, 0.1) is 0 Å². The largest absolute Gasteiger partial charge is 0.313 e. The van der Waals surface area contributed by atoms with Crippen LogP contribution in [0.25, 0.3) is 0 Å². The fourth-order valence-electron chi connectivity index (χ4n) is 2.17. The lowest BCUT2D eigenvalue weighted by atomic mass is 10.0. The van der Waals surface area contributed by atoms with Crippen LogP contribution in [-0.2, 0) is 0 Å². The van der Waals surface area contributed by atoms with Gasteiger partial charge in [0, 0.05) is 31.0 Å². The summed E-state index contributed by atoms with van der Waals surface area (Å²) in [5.74, 6) is 0. The summed E-state index contributed by atoms with van der Waals surface area (Å²) in [4.78, 5) is 4.14. The van der Waals surface area contributed by atoms with E-state index in [2.05, 4.69) is 28.6 Å². The van der Waals surface area contributed by atoms with Gasteiger partial charge in [0.2, 0.25) is 0 Å². The van der Waals surface area contributed by atoms with Crippen LogP contribution in [0.1, 0.15) is 37.8 Å². The molecule has 1 aliphatic rings. The van der Waals surface area contributed by atoms with E-state index in [4.69, 9.17) is 0 Å². The zero-order valence-electron chi connectivity index (χ0n) is 9.95. The summed E-state index contributed by atoms with van der Waals surface area (Å²) < 4.78 is 0. The zero-order valence-corrected chi connectivity index (χ0v) is 9.95. The van der Waals surface area contributed by atoms with E-state index in [9.17, 15) is 0 Å². The molecule has 0 aromatic carbocycles. The van der Waals surface area contributed by atoms with Crippen LogP contribution in [0.5, 0.6) is 0 Å².